The van der Waals surface area contributed by atoms with Gasteiger partial charge in [0.1, 0.15) is 11.4 Å². The van der Waals surface area contributed by atoms with E-state index in [9.17, 15) is 14.4 Å². The van der Waals surface area contributed by atoms with Crippen LogP contribution in [-0.2, 0) is 13.1 Å². The molecule has 0 fully saturated rings. The van der Waals surface area contributed by atoms with E-state index >= 15 is 0 Å². The van der Waals surface area contributed by atoms with Crippen LogP contribution in [-0.4, -0.2) is 39.5 Å². The smallest absolute Gasteiger partial charge is 0.333 e. The number of methoxy groups -OCH3 is 1. The highest BCUT2D eigenvalue weighted by Crippen LogP contribution is 2.27. The van der Waals surface area contributed by atoms with Crippen molar-refractivity contribution in [3.05, 3.63) is 108 Å². The Kier molecular flexibility index (Phi) is 7.47. The van der Waals surface area contributed by atoms with Gasteiger partial charge in [0.2, 0.25) is 0 Å². The lowest BCUT2D eigenvalue weighted by Crippen LogP contribution is -2.41. The summed E-state index contributed by atoms with van der Waals surface area (Å²) in [4.78, 5) is 42.2. The average molecular weight is 661 g/mol. The van der Waals surface area contributed by atoms with Crippen molar-refractivity contribution in [1.29, 1.82) is 0 Å². The first-order valence-corrected chi connectivity index (χ1v) is 13.5. The van der Waals surface area contributed by atoms with Crippen LogP contribution in [0.2, 0.25) is 5.02 Å². The lowest BCUT2D eigenvalue weighted by atomic mass is 10.1. The van der Waals surface area contributed by atoms with E-state index in [1.54, 1.807) is 71.2 Å². The minimum atomic E-state index is -0.463. The molecular weight excluding hydrogens is 640 g/mol. The molecule has 38 heavy (non-hydrogen) atoms. The van der Waals surface area contributed by atoms with E-state index in [1.807, 2.05) is 12.1 Å². The lowest BCUT2D eigenvalue weighted by molar-refractivity contribution is 0.0707. The van der Waals surface area contributed by atoms with Gasteiger partial charge >= 0.3 is 5.69 Å². The number of fused-ring (bicyclic) bond motifs is 1. The highest BCUT2D eigenvalue weighted by molar-refractivity contribution is 9.10. The Balaban J connectivity index is 1.57. The topological polar surface area (TPSA) is 85.6 Å². The molecule has 11 heteroatoms. The second kappa shape index (κ2) is 10.8. The summed E-state index contributed by atoms with van der Waals surface area (Å²) >= 11 is 12.9. The van der Waals surface area contributed by atoms with Crippen molar-refractivity contribution in [3.63, 3.8) is 0 Å². The molecule has 8 nitrogen and oxygen atoms in total. The number of ether oxygens (including phenoxy) is 1. The maximum Gasteiger partial charge on any atom is 0.333 e. The SMILES string of the molecule is COc1ccc(-n2c(C(=O)Nc3ccc(Br)cc3)c3n(c2=O)CCN(C(=O)c2ccc(Br)c(Cl)c2)C3)cc1. The lowest BCUT2D eigenvalue weighted by Gasteiger charge is -2.28. The first-order valence-electron chi connectivity index (χ1n) is 11.6. The van der Waals surface area contributed by atoms with Gasteiger partial charge in [0.25, 0.3) is 11.8 Å². The molecule has 1 aliphatic heterocycles. The van der Waals surface area contributed by atoms with Gasteiger partial charge in [-0.1, -0.05) is 27.5 Å². The van der Waals surface area contributed by atoms with Gasteiger partial charge in [0, 0.05) is 33.3 Å². The zero-order valence-corrected chi connectivity index (χ0v) is 24.0. The maximum atomic E-state index is 13.7. The summed E-state index contributed by atoms with van der Waals surface area (Å²) in [5.74, 6) is -0.0823. The first kappa shape index (κ1) is 26.3. The van der Waals surface area contributed by atoms with E-state index in [2.05, 4.69) is 37.2 Å². The molecule has 2 heterocycles. The van der Waals surface area contributed by atoms with Crippen molar-refractivity contribution in [2.45, 2.75) is 13.1 Å². The number of carbonyl (C=O) groups is 2. The van der Waals surface area contributed by atoms with Crippen LogP contribution in [0.5, 0.6) is 5.75 Å². The molecular formula is C27H21Br2ClN4O4. The first-order chi connectivity index (χ1) is 18.3. The largest absolute Gasteiger partial charge is 0.497 e. The Hall–Kier alpha value is -3.34. The van der Waals surface area contributed by atoms with E-state index in [4.69, 9.17) is 16.3 Å². The Morgan fingerprint density at radius 3 is 2.34 bits per heavy atom. The monoisotopic (exact) mass is 658 g/mol. The van der Waals surface area contributed by atoms with Gasteiger partial charge < -0.3 is 15.0 Å². The van der Waals surface area contributed by atoms with Crippen molar-refractivity contribution >= 4 is 61.0 Å². The zero-order chi connectivity index (χ0) is 27.0. The van der Waals surface area contributed by atoms with Gasteiger partial charge in [-0.3, -0.25) is 18.7 Å². The highest BCUT2D eigenvalue weighted by atomic mass is 79.9. The highest BCUT2D eigenvalue weighted by Gasteiger charge is 2.32. The number of anilines is 1. The van der Waals surface area contributed by atoms with E-state index in [0.717, 1.165) is 4.47 Å². The second-order valence-electron chi connectivity index (χ2n) is 8.58. The number of halogens is 3. The van der Waals surface area contributed by atoms with Crippen molar-refractivity contribution in [2.75, 3.05) is 19.0 Å². The Morgan fingerprint density at radius 1 is 0.974 bits per heavy atom. The van der Waals surface area contributed by atoms with Gasteiger partial charge in [-0.2, -0.15) is 0 Å². The molecule has 194 valence electrons. The number of aromatic nitrogens is 2. The Bertz CT molecular complexity index is 1600. The third kappa shape index (κ3) is 5.03. The van der Waals surface area contributed by atoms with E-state index in [0.29, 0.717) is 44.4 Å². The molecule has 0 spiro atoms. The van der Waals surface area contributed by atoms with Gasteiger partial charge in [-0.05, 0) is 82.7 Å². The number of nitrogens with one attached hydrogen (secondary N) is 1. The van der Waals surface area contributed by atoms with E-state index < -0.39 is 5.91 Å². The zero-order valence-electron chi connectivity index (χ0n) is 20.1. The van der Waals surface area contributed by atoms with Gasteiger partial charge in [-0.25, -0.2) is 4.79 Å². The van der Waals surface area contributed by atoms with Gasteiger partial charge in [0.05, 0.1) is 30.1 Å². The summed E-state index contributed by atoms with van der Waals surface area (Å²) in [7, 11) is 1.56. The maximum absolute atomic E-state index is 13.7. The van der Waals surface area contributed by atoms with Crippen LogP contribution in [0.4, 0.5) is 5.69 Å². The van der Waals surface area contributed by atoms with Crippen molar-refractivity contribution in [1.82, 2.24) is 14.0 Å². The third-order valence-electron chi connectivity index (χ3n) is 6.28. The van der Waals surface area contributed by atoms with Crippen LogP contribution in [0.3, 0.4) is 0 Å². The molecule has 0 unspecified atom stereocenters. The molecule has 0 atom stereocenters. The molecule has 0 saturated carbocycles. The van der Waals surface area contributed by atoms with Crippen LogP contribution in [0.15, 0.2) is 80.5 Å². The number of imidazole rings is 1. The van der Waals surface area contributed by atoms with Crippen LogP contribution in [0.25, 0.3) is 5.69 Å². The summed E-state index contributed by atoms with van der Waals surface area (Å²) in [6, 6.07) is 19.0. The second-order valence-corrected chi connectivity index (χ2v) is 10.8. The van der Waals surface area contributed by atoms with Crippen LogP contribution in [0, 0.1) is 0 Å². The van der Waals surface area contributed by atoms with Crippen molar-refractivity contribution < 1.29 is 14.3 Å². The van der Waals surface area contributed by atoms with Gasteiger partial charge in [0.15, 0.2) is 0 Å². The summed E-state index contributed by atoms with van der Waals surface area (Å²) in [5.41, 5.74) is 1.75. The van der Waals surface area contributed by atoms with Crippen LogP contribution < -0.4 is 15.7 Å². The van der Waals surface area contributed by atoms with E-state index in [1.165, 1.54) is 4.57 Å². The number of hydrogen-bond donors (Lipinski definition) is 1. The summed E-state index contributed by atoms with van der Waals surface area (Å²) in [6.45, 7) is 0.625. The minimum absolute atomic E-state index is 0.0774. The minimum Gasteiger partial charge on any atom is -0.497 e. The Labute approximate surface area is 240 Å². The molecule has 3 aromatic carbocycles. The fraction of sp³-hybridized carbons (Fsp3) is 0.148. The summed E-state index contributed by atoms with van der Waals surface area (Å²) in [5, 5.41) is 3.31. The number of amides is 2. The fourth-order valence-electron chi connectivity index (χ4n) is 4.37. The third-order valence-corrected chi connectivity index (χ3v) is 8.04. The fourth-order valence-corrected chi connectivity index (χ4v) is 5.06. The predicted molar refractivity (Wildman–Crippen MR) is 153 cm³/mol. The normalized spacial score (nSPS) is 12.7. The number of hydrogen-bond acceptors (Lipinski definition) is 4. The molecule has 0 aliphatic carbocycles. The molecule has 0 bridgehead atoms. The predicted octanol–water partition coefficient (Wildman–Crippen LogP) is 5.73. The number of benzene rings is 3. The summed E-state index contributed by atoms with van der Waals surface area (Å²) in [6.07, 6.45) is 0. The van der Waals surface area contributed by atoms with E-state index in [-0.39, 0.29) is 30.4 Å². The van der Waals surface area contributed by atoms with Crippen molar-refractivity contribution in [2.24, 2.45) is 0 Å². The number of rotatable bonds is 5. The molecule has 2 amide bonds. The molecule has 5 rings (SSSR count). The quantitative estimate of drug-likeness (QED) is 0.296. The molecule has 1 N–H and O–H groups in total. The standard InChI is InChI=1S/C27H21Br2ClN4O4/c1-38-20-9-7-19(8-10-20)34-24(25(35)31-18-5-3-17(28)4-6-18)23-15-32(12-13-33(23)27(34)37)26(36)16-2-11-21(29)22(30)14-16/h2-11,14H,12-13,15H2,1H3,(H,31,35). The molecule has 1 aliphatic rings. The molecule has 0 radical (unpaired) electrons. The molecule has 1 aromatic heterocycles. The van der Waals surface area contributed by atoms with Crippen molar-refractivity contribution in [3.8, 4) is 11.4 Å². The van der Waals surface area contributed by atoms with Gasteiger partial charge in [-0.15, -0.1) is 0 Å². The number of carbonyl (C=O) groups excluding carboxylic acids is 2. The number of nitrogens with zero attached hydrogens (tertiary/aromatic N) is 3. The Morgan fingerprint density at radius 2 is 1.68 bits per heavy atom. The summed E-state index contributed by atoms with van der Waals surface area (Å²) < 4.78 is 9.74. The van der Waals surface area contributed by atoms with Crippen LogP contribution >= 0.6 is 43.5 Å². The molecule has 0 saturated heterocycles. The molecule has 4 aromatic rings. The average Bonchev–Trinajstić information content (AvgIpc) is 3.22. The van der Waals surface area contributed by atoms with Crippen LogP contribution in [0.1, 0.15) is 26.5 Å².